The summed E-state index contributed by atoms with van der Waals surface area (Å²) in [7, 11) is 0. The summed E-state index contributed by atoms with van der Waals surface area (Å²) in [6.07, 6.45) is -0.142. The van der Waals surface area contributed by atoms with Crippen LogP contribution in [-0.2, 0) is 29.1 Å². The Bertz CT molecular complexity index is 1380. The van der Waals surface area contributed by atoms with E-state index in [1.54, 1.807) is 17.6 Å². The van der Waals surface area contributed by atoms with E-state index in [0.717, 1.165) is 22.1 Å². The minimum atomic E-state index is -1.51. The van der Waals surface area contributed by atoms with Gasteiger partial charge in [0.1, 0.15) is 12.4 Å². The van der Waals surface area contributed by atoms with Crippen LogP contribution < -0.4 is 11.3 Å². The van der Waals surface area contributed by atoms with Crippen molar-refractivity contribution in [2.24, 2.45) is 5.73 Å². The highest BCUT2D eigenvalue weighted by Crippen LogP contribution is 2.44. The number of halogens is 1. The molecule has 8 heteroatoms. The second-order valence-corrected chi connectivity index (χ2v) is 8.22. The predicted octanol–water partition coefficient (Wildman–Crippen LogP) is 1.91. The lowest BCUT2D eigenvalue weighted by Crippen LogP contribution is -2.32. The zero-order valence-corrected chi connectivity index (χ0v) is 16.2. The Balaban J connectivity index is 1.70. The van der Waals surface area contributed by atoms with E-state index in [0.29, 0.717) is 41.9 Å². The lowest BCUT2D eigenvalue weighted by atomic mass is 9.82. The zero-order valence-electron chi connectivity index (χ0n) is 16.2. The second kappa shape index (κ2) is 5.74. The molecule has 0 bridgehead atoms. The number of fused-ring (bicyclic) bond motifs is 5. The van der Waals surface area contributed by atoms with Gasteiger partial charge in [-0.3, -0.25) is 4.79 Å². The number of cyclic esters (lactones) is 1. The number of hydrogen-bond acceptors (Lipinski definition) is 6. The van der Waals surface area contributed by atoms with Gasteiger partial charge in [-0.25, -0.2) is 14.2 Å². The molecule has 3 N–H and O–H groups in total. The Morgan fingerprint density at radius 2 is 2.07 bits per heavy atom. The average Bonchev–Trinajstić information content (AvgIpc) is 3.09. The van der Waals surface area contributed by atoms with Crippen molar-refractivity contribution in [1.29, 1.82) is 0 Å². The number of esters is 1. The van der Waals surface area contributed by atoms with E-state index < -0.39 is 12.1 Å². The van der Waals surface area contributed by atoms with Crippen LogP contribution in [0, 0.1) is 12.7 Å². The lowest BCUT2D eigenvalue weighted by Gasteiger charge is -2.26. The molecule has 7 nitrogen and oxygen atoms in total. The van der Waals surface area contributed by atoms with Gasteiger partial charge in [0.15, 0.2) is 6.10 Å². The van der Waals surface area contributed by atoms with E-state index in [4.69, 9.17) is 15.5 Å². The van der Waals surface area contributed by atoms with Gasteiger partial charge in [-0.15, -0.1) is 0 Å². The molecule has 6 rings (SSSR count). The molecule has 0 radical (unpaired) electrons. The van der Waals surface area contributed by atoms with E-state index in [-0.39, 0.29) is 35.2 Å². The number of nitrogens with zero attached hydrogens (tertiary/aromatic N) is 2. The van der Waals surface area contributed by atoms with E-state index >= 15 is 0 Å². The third-order valence-electron chi connectivity index (χ3n) is 6.69. The number of aliphatic hydroxyl groups excluding tert-OH is 1. The molecule has 2 atom stereocenters. The maximum atomic E-state index is 14.6. The van der Waals surface area contributed by atoms with Crippen molar-refractivity contribution >= 4 is 16.9 Å². The first kappa shape index (κ1) is 17.7. The van der Waals surface area contributed by atoms with Crippen molar-refractivity contribution in [3.63, 3.8) is 0 Å². The molecule has 0 fully saturated rings. The van der Waals surface area contributed by atoms with Crippen molar-refractivity contribution in [3.05, 3.63) is 61.7 Å². The molecule has 1 aliphatic carbocycles. The Morgan fingerprint density at radius 3 is 2.87 bits per heavy atom. The summed E-state index contributed by atoms with van der Waals surface area (Å²) < 4.78 is 21.1. The number of aliphatic hydroxyl groups is 1. The Morgan fingerprint density at radius 1 is 1.27 bits per heavy atom. The molecule has 30 heavy (non-hydrogen) atoms. The summed E-state index contributed by atoms with van der Waals surface area (Å²) in [6, 6.07) is 2.80. The number of rotatable bonds is 0. The first-order chi connectivity index (χ1) is 14.4. The molecule has 0 amide bonds. The van der Waals surface area contributed by atoms with Crippen LogP contribution >= 0.6 is 0 Å². The van der Waals surface area contributed by atoms with Gasteiger partial charge in [0.25, 0.3) is 5.56 Å². The molecule has 4 heterocycles. The first-order valence-electron chi connectivity index (χ1n) is 9.88. The largest absolute Gasteiger partial charge is 0.458 e. The molecule has 0 saturated heterocycles. The van der Waals surface area contributed by atoms with Gasteiger partial charge in [0, 0.05) is 28.6 Å². The van der Waals surface area contributed by atoms with Crippen molar-refractivity contribution < 1.29 is 19.0 Å². The number of aryl methyl sites for hydroxylation is 1. The highest BCUT2D eigenvalue weighted by Gasteiger charge is 2.36. The number of nitrogens with two attached hydrogens (primary N) is 1. The number of pyridine rings is 2. The topological polar surface area (TPSA) is 107 Å². The second-order valence-electron chi connectivity index (χ2n) is 8.22. The maximum absolute atomic E-state index is 14.6. The van der Waals surface area contributed by atoms with Crippen LogP contribution in [-0.4, -0.2) is 20.6 Å². The Labute approximate surface area is 169 Å². The molecule has 2 aromatic heterocycles. The van der Waals surface area contributed by atoms with Gasteiger partial charge in [-0.05, 0) is 42.5 Å². The third kappa shape index (κ3) is 2.07. The van der Waals surface area contributed by atoms with Gasteiger partial charge in [0.05, 0.1) is 29.0 Å². The van der Waals surface area contributed by atoms with E-state index in [1.807, 2.05) is 0 Å². The molecular formula is C22H18FN3O4. The third-order valence-corrected chi connectivity index (χ3v) is 6.69. The highest BCUT2D eigenvalue weighted by molar-refractivity contribution is 5.93. The van der Waals surface area contributed by atoms with Crippen molar-refractivity contribution in [2.45, 2.75) is 45.1 Å². The maximum Gasteiger partial charge on any atom is 0.340 e. The molecule has 3 aromatic rings. The van der Waals surface area contributed by atoms with Crippen LogP contribution in [0.15, 0.2) is 16.9 Å². The highest BCUT2D eigenvalue weighted by atomic mass is 19.1. The van der Waals surface area contributed by atoms with Gasteiger partial charge in [-0.2, -0.15) is 0 Å². The molecular weight excluding hydrogens is 389 g/mol. The van der Waals surface area contributed by atoms with E-state index in [2.05, 4.69) is 0 Å². The quantitative estimate of drug-likeness (QED) is 0.431. The number of ether oxygens (including phenoxy) is 1. The molecule has 3 aliphatic rings. The normalized spacial score (nSPS) is 21.3. The lowest BCUT2D eigenvalue weighted by molar-refractivity contribution is -0.157. The summed E-state index contributed by atoms with van der Waals surface area (Å²) in [4.78, 5) is 29.6. The number of carbonyl (C=O) groups is 1. The van der Waals surface area contributed by atoms with Gasteiger partial charge in [-0.1, -0.05) is 0 Å². The monoisotopic (exact) mass is 407 g/mol. The van der Waals surface area contributed by atoms with Crippen LogP contribution in [0.25, 0.3) is 22.3 Å². The van der Waals surface area contributed by atoms with Crippen LogP contribution in [0.1, 0.15) is 51.9 Å². The molecule has 1 aromatic carbocycles. The van der Waals surface area contributed by atoms with Crippen LogP contribution in [0.3, 0.4) is 0 Å². The molecule has 0 spiro atoms. The first-order valence-corrected chi connectivity index (χ1v) is 9.88. The van der Waals surface area contributed by atoms with Crippen molar-refractivity contribution in [3.8, 4) is 11.4 Å². The Kier molecular flexibility index (Phi) is 3.39. The summed E-state index contributed by atoms with van der Waals surface area (Å²) in [6.45, 7) is 1.89. The number of aromatic nitrogens is 2. The Hall–Kier alpha value is -3.10. The smallest absolute Gasteiger partial charge is 0.340 e. The van der Waals surface area contributed by atoms with E-state index in [9.17, 15) is 19.1 Å². The fourth-order valence-corrected chi connectivity index (χ4v) is 5.14. The number of hydrogen-bond donors (Lipinski definition) is 2. The summed E-state index contributed by atoms with van der Waals surface area (Å²) in [5.74, 6) is -1.10. The number of benzene rings is 1. The zero-order chi connectivity index (χ0) is 20.9. The SMILES string of the molecule is Cc1c(F)cc2nc3c(c4c2c1CCC4N)Cn1c-3cc2c(c1=O)COC(=O)C2O. The number of carbonyl (C=O) groups excluding carboxylic acids is 1. The average molecular weight is 407 g/mol. The fraction of sp³-hybridized carbons (Fsp3) is 0.318. The summed E-state index contributed by atoms with van der Waals surface area (Å²) in [5.41, 5.74) is 11.5. The van der Waals surface area contributed by atoms with Gasteiger partial charge >= 0.3 is 5.97 Å². The van der Waals surface area contributed by atoms with Crippen molar-refractivity contribution in [1.82, 2.24) is 9.55 Å². The van der Waals surface area contributed by atoms with Crippen LogP contribution in [0.4, 0.5) is 4.39 Å². The van der Waals surface area contributed by atoms with E-state index in [1.165, 1.54) is 6.07 Å². The minimum absolute atomic E-state index is 0.170. The summed E-state index contributed by atoms with van der Waals surface area (Å²) >= 11 is 0. The minimum Gasteiger partial charge on any atom is -0.458 e. The molecule has 2 unspecified atom stereocenters. The van der Waals surface area contributed by atoms with Crippen LogP contribution in [0.5, 0.6) is 0 Å². The van der Waals surface area contributed by atoms with Gasteiger partial charge < -0.3 is 20.1 Å². The van der Waals surface area contributed by atoms with Gasteiger partial charge in [0.2, 0.25) is 0 Å². The predicted molar refractivity (Wildman–Crippen MR) is 105 cm³/mol. The standard InChI is InChI=1S/C22H18FN3O4/c1-8-9-2-3-14(24)17-11-6-26-16(19(11)25-15(18(9)17)5-13(8)23)4-10-12(21(26)28)7-30-22(29)20(10)27/h4-5,14,20,27H,2-3,6-7,24H2,1H3. The molecule has 2 aliphatic heterocycles. The fourth-order valence-electron chi connectivity index (χ4n) is 5.14. The summed E-state index contributed by atoms with van der Waals surface area (Å²) in [5, 5.41) is 11.1. The molecule has 0 saturated carbocycles. The molecule has 152 valence electrons. The van der Waals surface area contributed by atoms with Crippen molar-refractivity contribution in [2.75, 3.05) is 0 Å². The van der Waals surface area contributed by atoms with Crippen LogP contribution in [0.2, 0.25) is 0 Å².